The molecular weight excluding hydrogens is 417 g/mol. The summed E-state index contributed by atoms with van der Waals surface area (Å²) >= 11 is 0. The Morgan fingerprint density at radius 1 is 1.00 bits per heavy atom. The minimum Gasteiger partial charge on any atom is -0.340 e. The Morgan fingerprint density at radius 2 is 1.70 bits per heavy atom. The highest BCUT2D eigenvalue weighted by Gasteiger charge is 2.23. The van der Waals surface area contributed by atoms with Gasteiger partial charge in [0.05, 0.1) is 0 Å². The molecule has 2 aliphatic rings. The zero-order valence-electron chi connectivity index (χ0n) is 20.4. The van der Waals surface area contributed by atoms with E-state index in [4.69, 9.17) is 0 Å². The molecule has 1 aromatic rings. The molecule has 0 spiro atoms. The normalized spacial score (nSPS) is 17.5. The molecule has 2 amide bonds. The Bertz CT molecular complexity index is 725. The molecule has 33 heavy (non-hydrogen) atoms. The van der Waals surface area contributed by atoms with Crippen molar-refractivity contribution in [1.29, 1.82) is 0 Å². The number of carbonyl (C=O) groups is 2. The number of rotatable bonds is 12. The van der Waals surface area contributed by atoms with Crippen LogP contribution in [0.15, 0.2) is 24.3 Å². The maximum absolute atomic E-state index is 13.3. The van der Waals surface area contributed by atoms with Gasteiger partial charge in [-0.05, 0) is 36.5 Å². The highest BCUT2D eigenvalue weighted by Crippen LogP contribution is 2.28. The Balaban J connectivity index is 1.43. The van der Waals surface area contributed by atoms with Crippen molar-refractivity contribution in [2.24, 2.45) is 5.92 Å². The lowest BCUT2D eigenvalue weighted by Gasteiger charge is -2.36. The Hall–Kier alpha value is -1.95. The summed E-state index contributed by atoms with van der Waals surface area (Å²) in [6, 6.07) is 6.44. The van der Waals surface area contributed by atoms with E-state index < -0.39 is 0 Å². The smallest absolute Gasteiger partial charge is 0.222 e. The van der Waals surface area contributed by atoms with Crippen molar-refractivity contribution >= 4 is 11.8 Å². The fourth-order valence-corrected chi connectivity index (χ4v) is 5.05. The predicted molar refractivity (Wildman–Crippen MR) is 130 cm³/mol. The maximum atomic E-state index is 13.3. The van der Waals surface area contributed by atoms with Gasteiger partial charge >= 0.3 is 0 Å². The van der Waals surface area contributed by atoms with E-state index >= 15 is 0 Å². The molecule has 6 heteroatoms. The molecule has 184 valence electrons. The lowest BCUT2D eigenvalue weighted by Crippen LogP contribution is -2.50. The lowest BCUT2D eigenvalue weighted by atomic mass is 10.0. The second kappa shape index (κ2) is 13.7. The van der Waals surface area contributed by atoms with Crippen molar-refractivity contribution in [3.8, 4) is 0 Å². The van der Waals surface area contributed by atoms with Gasteiger partial charge in [0.15, 0.2) is 0 Å². The summed E-state index contributed by atoms with van der Waals surface area (Å²) in [5.41, 5.74) is 0.956. The molecule has 0 unspecified atom stereocenters. The van der Waals surface area contributed by atoms with Crippen molar-refractivity contribution < 1.29 is 14.0 Å². The summed E-state index contributed by atoms with van der Waals surface area (Å²) < 4.78 is 13.3. The van der Waals surface area contributed by atoms with Crippen LogP contribution in [0.5, 0.6) is 0 Å². The fourth-order valence-electron chi connectivity index (χ4n) is 5.05. The van der Waals surface area contributed by atoms with Crippen molar-refractivity contribution in [2.45, 2.75) is 77.7 Å². The molecule has 0 bridgehead atoms. The second-order valence-electron chi connectivity index (χ2n) is 9.81. The van der Waals surface area contributed by atoms with Crippen LogP contribution in [0.2, 0.25) is 0 Å². The summed E-state index contributed by atoms with van der Waals surface area (Å²) in [7, 11) is 0. The van der Waals surface area contributed by atoms with Crippen LogP contribution in [0, 0.1) is 11.7 Å². The van der Waals surface area contributed by atoms with E-state index in [1.54, 1.807) is 12.1 Å². The first-order valence-corrected chi connectivity index (χ1v) is 13.1. The number of carbonyl (C=O) groups excluding carboxylic acids is 2. The number of piperazine rings is 1. The van der Waals surface area contributed by atoms with Gasteiger partial charge in [-0.3, -0.25) is 14.5 Å². The highest BCUT2D eigenvalue weighted by atomic mass is 19.1. The van der Waals surface area contributed by atoms with E-state index in [9.17, 15) is 14.0 Å². The molecule has 5 nitrogen and oxygen atoms in total. The zero-order valence-corrected chi connectivity index (χ0v) is 20.4. The van der Waals surface area contributed by atoms with E-state index in [1.165, 1.54) is 37.8 Å². The molecule has 1 heterocycles. The van der Waals surface area contributed by atoms with Crippen molar-refractivity contribution in [2.75, 3.05) is 39.3 Å². The van der Waals surface area contributed by atoms with Crippen LogP contribution in [-0.4, -0.2) is 65.8 Å². The number of benzene rings is 1. The van der Waals surface area contributed by atoms with E-state index in [0.29, 0.717) is 31.8 Å². The van der Waals surface area contributed by atoms with Crippen LogP contribution < -0.4 is 0 Å². The molecule has 0 aromatic heterocycles. The third-order valence-corrected chi connectivity index (χ3v) is 7.29. The number of unbranched alkanes of at least 4 members (excludes halogenated alkanes) is 2. The van der Waals surface area contributed by atoms with Gasteiger partial charge in [0, 0.05) is 58.7 Å². The molecule has 0 atom stereocenters. The van der Waals surface area contributed by atoms with Gasteiger partial charge < -0.3 is 9.80 Å². The largest absolute Gasteiger partial charge is 0.340 e. The number of nitrogens with zero attached hydrogens (tertiary/aromatic N) is 3. The number of amides is 2. The summed E-state index contributed by atoms with van der Waals surface area (Å²) in [5.74, 6) is 0.992. The van der Waals surface area contributed by atoms with Crippen LogP contribution in [0.4, 0.5) is 4.39 Å². The van der Waals surface area contributed by atoms with Gasteiger partial charge in [-0.2, -0.15) is 0 Å². The topological polar surface area (TPSA) is 43.9 Å². The lowest BCUT2D eigenvalue weighted by molar-refractivity contribution is -0.133. The summed E-state index contributed by atoms with van der Waals surface area (Å²) in [5, 5.41) is 0. The summed E-state index contributed by atoms with van der Waals surface area (Å²) in [4.78, 5) is 31.8. The number of hydrogen-bond donors (Lipinski definition) is 0. The van der Waals surface area contributed by atoms with Gasteiger partial charge in [0.1, 0.15) is 5.82 Å². The minimum absolute atomic E-state index is 0.175. The zero-order chi connectivity index (χ0) is 23.5. The first-order valence-electron chi connectivity index (χ1n) is 13.1. The number of halogens is 1. The quantitative estimate of drug-likeness (QED) is 0.420. The van der Waals surface area contributed by atoms with Crippen LogP contribution >= 0.6 is 0 Å². The molecule has 1 aliphatic carbocycles. The summed E-state index contributed by atoms with van der Waals surface area (Å²) in [6.45, 7) is 7.43. The number of hydrogen-bond acceptors (Lipinski definition) is 3. The third kappa shape index (κ3) is 8.73. The first kappa shape index (κ1) is 25.7. The summed E-state index contributed by atoms with van der Waals surface area (Å²) in [6.07, 6.45) is 10.6. The highest BCUT2D eigenvalue weighted by molar-refractivity contribution is 5.76. The second-order valence-corrected chi connectivity index (χ2v) is 9.81. The van der Waals surface area contributed by atoms with E-state index in [1.807, 2.05) is 9.80 Å². The molecule has 2 fully saturated rings. The average molecular weight is 460 g/mol. The van der Waals surface area contributed by atoms with Crippen LogP contribution in [0.25, 0.3) is 0 Å². The molecule has 1 aromatic carbocycles. The Labute approximate surface area is 199 Å². The minimum atomic E-state index is -0.254. The van der Waals surface area contributed by atoms with Crippen LogP contribution in [-0.2, 0) is 16.1 Å². The Kier molecular flexibility index (Phi) is 10.6. The molecule has 3 rings (SSSR count). The SMILES string of the molecule is CCCCCC(=O)N(CCN1CCN(C(=O)CCC2CCCC2)CC1)Cc1ccc(F)cc1. The standard InChI is InChI=1S/C27H42FN3O2/c1-2-3-4-9-26(32)31(22-24-10-13-25(28)14-11-24)21-18-29-16-19-30(20-17-29)27(33)15-12-23-7-5-6-8-23/h10-11,13-14,23H,2-9,12,15-22H2,1H3. The average Bonchev–Trinajstić information content (AvgIpc) is 3.35. The molecule has 0 N–H and O–H groups in total. The van der Waals surface area contributed by atoms with Crippen LogP contribution in [0.3, 0.4) is 0 Å². The van der Waals surface area contributed by atoms with Gasteiger partial charge in [-0.1, -0.05) is 57.6 Å². The predicted octanol–water partition coefficient (Wildman–Crippen LogP) is 4.85. The van der Waals surface area contributed by atoms with Crippen LogP contribution in [0.1, 0.15) is 76.7 Å². The molecule has 0 radical (unpaired) electrons. The molecule has 1 aliphatic heterocycles. The van der Waals surface area contributed by atoms with E-state index in [0.717, 1.165) is 69.9 Å². The van der Waals surface area contributed by atoms with Crippen molar-refractivity contribution in [3.05, 3.63) is 35.6 Å². The molecule has 1 saturated heterocycles. The van der Waals surface area contributed by atoms with Gasteiger partial charge in [-0.25, -0.2) is 4.39 Å². The van der Waals surface area contributed by atoms with Gasteiger partial charge in [-0.15, -0.1) is 0 Å². The van der Waals surface area contributed by atoms with E-state index in [2.05, 4.69) is 11.8 Å². The Morgan fingerprint density at radius 3 is 2.36 bits per heavy atom. The van der Waals surface area contributed by atoms with Crippen molar-refractivity contribution in [3.63, 3.8) is 0 Å². The first-order chi connectivity index (χ1) is 16.0. The fraction of sp³-hybridized carbons (Fsp3) is 0.704. The monoisotopic (exact) mass is 459 g/mol. The maximum Gasteiger partial charge on any atom is 0.222 e. The van der Waals surface area contributed by atoms with Gasteiger partial charge in [0.2, 0.25) is 11.8 Å². The molecule has 1 saturated carbocycles. The molecular formula is C27H42FN3O2. The van der Waals surface area contributed by atoms with Crippen molar-refractivity contribution in [1.82, 2.24) is 14.7 Å². The van der Waals surface area contributed by atoms with Gasteiger partial charge in [0.25, 0.3) is 0 Å². The third-order valence-electron chi connectivity index (χ3n) is 7.29. The van der Waals surface area contributed by atoms with E-state index in [-0.39, 0.29) is 11.7 Å².